The molecule has 0 aliphatic carbocycles. The first-order valence-electron chi connectivity index (χ1n) is 7.07. The highest BCUT2D eigenvalue weighted by Gasteiger charge is 2.12. The number of carbonyl (C=O) groups is 1. The van der Waals surface area contributed by atoms with Gasteiger partial charge in [0.05, 0.1) is 17.5 Å². The van der Waals surface area contributed by atoms with Gasteiger partial charge >= 0.3 is 0 Å². The highest BCUT2D eigenvalue weighted by atomic mass is 32.1. The summed E-state index contributed by atoms with van der Waals surface area (Å²) in [4.78, 5) is 16.5. The first-order chi connectivity index (χ1) is 11.0. The summed E-state index contributed by atoms with van der Waals surface area (Å²) in [5.41, 5.74) is 3.63. The van der Waals surface area contributed by atoms with Gasteiger partial charge in [-0.3, -0.25) is 15.1 Å². The third-order valence-corrected chi connectivity index (χ3v) is 3.60. The van der Waals surface area contributed by atoms with Crippen LogP contribution in [0.3, 0.4) is 0 Å². The molecule has 5 nitrogen and oxygen atoms in total. The summed E-state index contributed by atoms with van der Waals surface area (Å²) >= 11 is 5.20. The van der Waals surface area contributed by atoms with E-state index in [-0.39, 0.29) is 10.9 Å². The van der Waals surface area contributed by atoms with Crippen LogP contribution in [-0.2, 0) is 0 Å². The summed E-state index contributed by atoms with van der Waals surface area (Å²) in [5, 5.41) is 6.85. The molecule has 3 rings (SSSR count). The molecule has 2 aromatic heterocycles. The molecule has 0 unspecified atom stereocenters. The molecule has 2 N–H and O–H groups in total. The van der Waals surface area contributed by atoms with Gasteiger partial charge in [0.1, 0.15) is 0 Å². The van der Waals surface area contributed by atoms with Crippen molar-refractivity contribution in [2.24, 2.45) is 0 Å². The van der Waals surface area contributed by atoms with Crippen LogP contribution in [0.1, 0.15) is 21.8 Å². The number of nitrogens with zero attached hydrogens (tertiary/aromatic N) is 1. The molecule has 0 bridgehead atoms. The van der Waals surface area contributed by atoms with Gasteiger partial charge in [0.15, 0.2) is 10.9 Å². The number of aryl methyl sites for hydroxylation is 2. The summed E-state index contributed by atoms with van der Waals surface area (Å²) < 4.78 is 5.04. The summed E-state index contributed by atoms with van der Waals surface area (Å²) in [6, 6.07) is 11.1. The van der Waals surface area contributed by atoms with Gasteiger partial charge in [-0.05, 0) is 55.9 Å². The fraction of sp³-hybridized carbons (Fsp3) is 0.118. The van der Waals surface area contributed by atoms with E-state index in [9.17, 15) is 4.79 Å². The SMILES string of the molecule is Cc1cc(C)c2cccc(NC(=S)NC(=O)c3ccco3)c2n1. The second-order valence-corrected chi connectivity index (χ2v) is 5.58. The molecule has 0 spiro atoms. The monoisotopic (exact) mass is 325 g/mol. The summed E-state index contributed by atoms with van der Waals surface area (Å²) in [6.07, 6.45) is 1.44. The minimum atomic E-state index is -0.395. The second kappa shape index (κ2) is 6.18. The lowest BCUT2D eigenvalue weighted by atomic mass is 10.1. The first-order valence-corrected chi connectivity index (χ1v) is 7.48. The number of hydrogen-bond donors (Lipinski definition) is 2. The highest BCUT2D eigenvalue weighted by molar-refractivity contribution is 7.80. The number of para-hydroxylation sites is 1. The maximum absolute atomic E-state index is 11.9. The van der Waals surface area contributed by atoms with Crippen LogP contribution in [0, 0.1) is 13.8 Å². The molecule has 3 aromatic rings. The minimum Gasteiger partial charge on any atom is -0.459 e. The van der Waals surface area contributed by atoms with Gasteiger partial charge in [-0.2, -0.15) is 0 Å². The Bertz CT molecular complexity index is 888. The highest BCUT2D eigenvalue weighted by Crippen LogP contribution is 2.24. The molecule has 0 aliphatic rings. The van der Waals surface area contributed by atoms with Crippen molar-refractivity contribution in [1.29, 1.82) is 0 Å². The quantitative estimate of drug-likeness (QED) is 0.705. The van der Waals surface area contributed by atoms with Crippen molar-refractivity contribution < 1.29 is 9.21 Å². The zero-order chi connectivity index (χ0) is 16.4. The Labute approximate surface area is 138 Å². The number of carbonyl (C=O) groups excluding carboxylic acids is 1. The second-order valence-electron chi connectivity index (χ2n) is 5.17. The Kier molecular flexibility index (Phi) is 4.08. The molecule has 1 aromatic carbocycles. The number of anilines is 1. The lowest BCUT2D eigenvalue weighted by Gasteiger charge is -2.12. The topological polar surface area (TPSA) is 67.2 Å². The van der Waals surface area contributed by atoms with Crippen LogP contribution in [0.25, 0.3) is 10.9 Å². The number of furan rings is 1. The maximum atomic E-state index is 11.9. The third kappa shape index (κ3) is 3.22. The number of aromatic nitrogens is 1. The number of hydrogen-bond acceptors (Lipinski definition) is 4. The van der Waals surface area contributed by atoms with Crippen molar-refractivity contribution in [2.45, 2.75) is 13.8 Å². The molecule has 2 heterocycles. The van der Waals surface area contributed by atoms with Crippen molar-refractivity contribution >= 4 is 39.8 Å². The fourth-order valence-corrected chi connectivity index (χ4v) is 2.61. The Morgan fingerprint density at radius 2 is 2.04 bits per heavy atom. The number of benzene rings is 1. The predicted molar refractivity (Wildman–Crippen MR) is 93.6 cm³/mol. The van der Waals surface area contributed by atoms with E-state index < -0.39 is 5.91 Å². The minimum absolute atomic E-state index is 0.194. The first kappa shape index (κ1) is 15.2. The molecular weight excluding hydrogens is 310 g/mol. The van der Waals surface area contributed by atoms with Crippen LogP contribution >= 0.6 is 12.2 Å². The van der Waals surface area contributed by atoms with Crippen molar-refractivity contribution in [3.8, 4) is 0 Å². The number of thiocarbonyl (C=S) groups is 1. The predicted octanol–water partition coefficient (Wildman–Crippen LogP) is 3.57. The summed E-state index contributed by atoms with van der Waals surface area (Å²) in [6.45, 7) is 3.98. The van der Waals surface area contributed by atoms with Gasteiger partial charge in [-0.25, -0.2) is 0 Å². The molecule has 6 heteroatoms. The number of rotatable bonds is 2. The van der Waals surface area contributed by atoms with Crippen LogP contribution in [0.15, 0.2) is 47.1 Å². The Morgan fingerprint density at radius 1 is 1.22 bits per heavy atom. The van der Waals surface area contributed by atoms with Gasteiger partial charge in [-0.1, -0.05) is 12.1 Å². The summed E-state index contributed by atoms with van der Waals surface area (Å²) in [5.74, 6) is -0.190. The van der Waals surface area contributed by atoms with Crippen molar-refractivity contribution in [3.05, 3.63) is 59.7 Å². The van der Waals surface area contributed by atoms with Gasteiger partial charge in [-0.15, -0.1) is 0 Å². The average Bonchev–Trinajstić information content (AvgIpc) is 3.02. The Morgan fingerprint density at radius 3 is 2.78 bits per heavy atom. The van der Waals surface area contributed by atoms with E-state index in [0.29, 0.717) is 0 Å². The molecule has 0 aliphatic heterocycles. The van der Waals surface area contributed by atoms with Gasteiger partial charge in [0, 0.05) is 11.1 Å². The number of fused-ring (bicyclic) bond motifs is 1. The standard InChI is InChI=1S/C17H15N3O2S/c1-10-9-11(2)18-15-12(10)5-3-6-13(15)19-17(23)20-16(21)14-7-4-8-22-14/h3-9H,1-2H3,(H2,19,20,21,23). The van der Waals surface area contributed by atoms with Crippen LogP contribution in [0.4, 0.5) is 5.69 Å². The van der Waals surface area contributed by atoms with Gasteiger partial charge in [0.25, 0.3) is 5.91 Å². The van der Waals surface area contributed by atoms with E-state index in [1.807, 2.05) is 38.1 Å². The third-order valence-electron chi connectivity index (χ3n) is 3.39. The molecule has 0 atom stereocenters. The molecule has 23 heavy (non-hydrogen) atoms. The van der Waals surface area contributed by atoms with E-state index >= 15 is 0 Å². The van der Waals surface area contributed by atoms with Crippen LogP contribution < -0.4 is 10.6 Å². The van der Waals surface area contributed by atoms with E-state index in [2.05, 4.69) is 15.6 Å². The Hall–Kier alpha value is -2.73. The largest absolute Gasteiger partial charge is 0.459 e. The van der Waals surface area contributed by atoms with E-state index in [4.69, 9.17) is 16.6 Å². The lowest BCUT2D eigenvalue weighted by molar-refractivity contribution is 0.0950. The van der Waals surface area contributed by atoms with E-state index in [1.165, 1.54) is 6.26 Å². The number of amides is 1. The molecule has 1 amide bonds. The fourth-order valence-electron chi connectivity index (χ4n) is 2.41. The molecule has 0 saturated heterocycles. The van der Waals surface area contributed by atoms with E-state index in [1.54, 1.807) is 12.1 Å². The smallest absolute Gasteiger partial charge is 0.293 e. The van der Waals surface area contributed by atoms with Crippen molar-refractivity contribution in [1.82, 2.24) is 10.3 Å². The van der Waals surface area contributed by atoms with Crippen LogP contribution in [0.5, 0.6) is 0 Å². The van der Waals surface area contributed by atoms with Gasteiger partial charge in [0.2, 0.25) is 0 Å². The number of pyridine rings is 1. The maximum Gasteiger partial charge on any atom is 0.293 e. The molecule has 0 radical (unpaired) electrons. The van der Waals surface area contributed by atoms with Crippen molar-refractivity contribution in [2.75, 3.05) is 5.32 Å². The van der Waals surface area contributed by atoms with Crippen molar-refractivity contribution in [3.63, 3.8) is 0 Å². The molecule has 116 valence electrons. The molecular formula is C17H15N3O2S. The zero-order valence-electron chi connectivity index (χ0n) is 12.7. The average molecular weight is 325 g/mol. The summed E-state index contributed by atoms with van der Waals surface area (Å²) in [7, 11) is 0. The van der Waals surface area contributed by atoms with Gasteiger partial charge < -0.3 is 9.73 Å². The molecule has 0 fully saturated rings. The number of nitrogens with one attached hydrogen (secondary N) is 2. The molecule has 0 saturated carbocycles. The lowest BCUT2D eigenvalue weighted by Crippen LogP contribution is -2.34. The van der Waals surface area contributed by atoms with Crippen LogP contribution in [-0.4, -0.2) is 16.0 Å². The zero-order valence-corrected chi connectivity index (χ0v) is 13.5. The van der Waals surface area contributed by atoms with Crippen LogP contribution in [0.2, 0.25) is 0 Å². The normalized spacial score (nSPS) is 10.5. The Balaban J connectivity index is 1.84. The van der Waals surface area contributed by atoms with E-state index in [0.717, 1.165) is 27.8 Å².